The minimum absolute atomic E-state index is 0.655. The molecule has 148 valence electrons. The monoisotopic (exact) mass is 386 g/mol. The number of benzene rings is 3. The van der Waals surface area contributed by atoms with Crippen molar-refractivity contribution in [3.8, 4) is 11.5 Å². The maximum Gasteiger partial charge on any atom is 0.119 e. The van der Waals surface area contributed by atoms with Gasteiger partial charge in [0.05, 0.1) is 24.8 Å². The third kappa shape index (κ3) is 4.43. The Bertz CT molecular complexity index is 1080. The lowest BCUT2D eigenvalue weighted by molar-refractivity contribution is 0.301. The van der Waals surface area contributed by atoms with E-state index < -0.39 is 0 Å². The molecule has 0 unspecified atom stereocenters. The number of aromatic nitrogens is 2. The van der Waals surface area contributed by atoms with Gasteiger partial charge in [0.25, 0.3) is 0 Å². The van der Waals surface area contributed by atoms with Crippen LogP contribution in [0.1, 0.15) is 23.4 Å². The molecule has 0 saturated carbocycles. The largest absolute Gasteiger partial charge is 0.497 e. The zero-order valence-corrected chi connectivity index (χ0v) is 17.0. The molecular formula is C25H26N2O2. The minimum atomic E-state index is 0.655. The predicted molar refractivity (Wildman–Crippen MR) is 117 cm³/mol. The van der Waals surface area contributed by atoms with E-state index in [-0.39, 0.29) is 0 Å². The fourth-order valence-electron chi connectivity index (χ4n) is 3.57. The van der Waals surface area contributed by atoms with E-state index in [4.69, 9.17) is 14.5 Å². The maximum atomic E-state index is 5.90. The number of imidazole rings is 1. The molecule has 0 spiro atoms. The number of hydrogen-bond donors (Lipinski definition) is 0. The smallest absolute Gasteiger partial charge is 0.119 e. The van der Waals surface area contributed by atoms with Crippen LogP contribution in [0.4, 0.5) is 0 Å². The Labute approximate surface area is 171 Å². The van der Waals surface area contributed by atoms with Gasteiger partial charge in [-0.05, 0) is 60.9 Å². The van der Waals surface area contributed by atoms with Crippen molar-refractivity contribution in [3.63, 3.8) is 0 Å². The summed E-state index contributed by atoms with van der Waals surface area (Å²) in [6, 6.07) is 24.6. The van der Waals surface area contributed by atoms with Crippen LogP contribution in [0.3, 0.4) is 0 Å². The molecule has 4 nitrogen and oxygen atoms in total. The van der Waals surface area contributed by atoms with Crippen molar-refractivity contribution in [3.05, 3.63) is 89.7 Å². The highest BCUT2D eigenvalue weighted by Gasteiger charge is 2.12. The summed E-state index contributed by atoms with van der Waals surface area (Å²) < 4.78 is 13.4. The molecule has 4 rings (SSSR count). The third-order valence-electron chi connectivity index (χ3n) is 5.20. The predicted octanol–water partition coefficient (Wildman–Crippen LogP) is 5.41. The maximum absolute atomic E-state index is 5.90. The van der Waals surface area contributed by atoms with Crippen molar-refractivity contribution in [1.82, 2.24) is 9.55 Å². The van der Waals surface area contributed by atoms with Crippen molar-refractivity contribution in [2.75, 3.05) is 13.7 Å². The first-order valence-corrected chi connectivity index (χ1v) is 10.00. The van der Waals surface area contributed by atoms with Crippen LogP contribution >= 0.6 is 0 Å². The zero-order chi connectivity index (χ0) is 20.1. The Morgan fingerprint density at radius 3 is 2.38 bits per heavy atom. The van der Waals surface area contributed by atoms with Crippen molar-refractivity contribution in [2.24, 2.45) is 0 Å². The number of rotatable bonds is 8. The molecule has 0 amide bonds. The Morgan fingerprint density at radius 1 is 0.862 bits per heavy atom. The molecule has 1 aromatic heterocycles. The molecule has 3 aromatic carbocycles. The molecule has 0 fully saturated rings. The van der Waals surface area contributed by atoms with E-state index in [1.807, 2.05) is 30.3 Å². The van der Waals surface area contributed by atoms with E-state index in [1.54, 1.807) is 7.11 Å². The lowest BCUT2D eigenvalue weighted by Gasteiger charge is -2.12. The van der Waals surface area contributed by atoms with Gasteiger partial charge in [-0.3, -0.25) is 0 Å². The van der Waals surface area contributed by atoms with Crippen LogP contribution in [0, 0.1) is 6.92 Å². The van der Waals surface area contributed by atoms with Gasteiger partial charge in [-0.15, -0.1) is 0 Å². The van der Waals surface area contributed by atoms with Crippen LogP contribution in [0.15, 0.2) is 72.8 Å². The van der Waals surface area contributed by atoms with Crippen LogP contribution in [0.5, 0.6) is 11.5 Å². The summed E-state index contributed by atoms with van der Waals surface area (Å²) in [7, 11) is 1.67. The number of nitrogens with zero attached hydrogens (tertiary/aromatic N) is 2. The summed E-state index contributed by atoms with van der Waals surface area (Å²) >= 11 is 0. The SMILES string of the molecule is COc1ccc(OCCCn2c(Cc3ccccc3C)nc3ccccc32)cc1. The lowest BCUT2D eigenvalue weighted by Crippen LogP contribution is -2.09. The first-order valence-electron chi connectivity index (χ1n) is 10.00. The molecule has 0 radical (unpaired) electrons. The van der Waals surface area contributed by atoms with Crippen molar-refractivity contribution < 1.29 is 9.47 Å². The van der Waals surface area contributed by atoms with Gasteiger partial charge >= 0.3 is 0 Å². The van der Waals surface area contributed by atoms with Crippen LogP contribution < -0.4 is 9.47 Å². The molecule has 0 aliphatic heterocycles. The van der Waals surface area contributed by atoms with Crippen molar-refractivity contribution >= 4 is 11.0 Å². The van der Waals surface area contributed by atoms with E-state index >= 15 is 0 Å². The van der Waals surface area contributed by atoms with Crippen molar-refractivity contribution in [1.29, 1.82) is 0 Å². The molecule has 0 aliphatic rings. The third-order valence-corrected chi connectivity index (χ3v) is 5.20. The van der Waals surface area contributed by atoms with Gasteiger partial charge in [-0.2, -0.15) is 0 Å². The van der Waals surface area contributed by atoms with Gasteiger partial charge in [0.2, 0.25) is 0 Å². The van der Waals surface area contributed by atoms with E-state index in [0.29, 0.717) is 6.61 Å². The quantitative estimate of drug-likeness (QED) is 0.380. The highest BCUT2D eigenvalue weighted by atomic mass is 16.5. The second-order valence-electron chi connectivity index (χ2n) is 7.15. The van der Waals surface area contributed by atoms with E-state index in [2.05, 4.69) is 54.0 Å². The summed E-state index contributed by atoms with van der Waals surface area (Å²) in [5.74, 6) is 2.80. The molecule has 0 aliphatic carbocycles. The first-order chi connectivity index (χ1) is 14.2. The zero-order valence-electron chi connectivity index (χ0n) is 17.0. The van der Waals surface area contributed by atoms with Crippen molar-refractivity contribution in [2.45, 2.75) is 26.3 Å². The normalized spacial score (nSPS) is 11.0. The van der Waals surface area contributed by atoms with Gasteiger partial charge in [-0.25, -0.2) is 4.98 Å². The van der Waals surface area contributed by atoms with Gasteiger partial charge < -0.3 is 14.0 Å². The average molecular weight is 386 g/mol. The van der Waals surface area contributed by atoms with Crippen LogP contribution in [-0.2, 0) is 13.0 Å². The molecule has 0 atom stereocenters. The van der Waals surface area contributed by atoms with Gasteiger partial charge in [0, 0.05) is 13.0 Å². The topological polar surface area (TPSA) is 36.3 Å². The van der Waals surface area contributed by atoms with Gasteiger partial charge in [-0.1, -0.05) is 36.4 Å². The molecule has 29 heavy (non-hydrogen) atoms. The standard InChI is InChI=1S/C25H26N2O2/c1-19-8-3-4-9-20(19)18-25-26-23-10-5-6-11-24(23)27(25)16-7-17-29-22-14-12-21(28-2)13-15-22/h3-6,8-15H,7,16-18H2,1-2H3. The fourth-order valence-corrected chi connectivity index (χ4v) is 3.57. The van der Waals surface area contributed by atoms with E-state index in [1.165, 1.54) is 16.6 Å². The lowest BCUT2D eigenvalue weighted by atomic mass is 10.1. The molecule has 0 saturated heterocycles. The highest BCUT2D eigenvalue weighted by Crippen LogP contribution is 2.21. The van der Waals surface area contributed by atoms with Gasteiger partial charge in [0.15, 0.2) is 0 Å². The Balaban J connectivity index is 1.47. The molecule has 1 heterocycles. The average Bonchev–Trinajstić information content (AvgIpc) is 3.10. The minimum Gasteiger partial charge on any atom is -0.497 e. The first kappa shape index (κ1) is 19.1. The Hall–Kier alpha value is -3.27. The summed E-state index contributed by atoms with van der Waals surface area (Å²) in [6.45, 7) is 3.69. The van der Waals surface area contributed by atoms with E-state index in [0.717, 1.165) is 42.2 Å². The Morgan fingerprint density at radius 2 is 1.59 bits per heavy atom. The van der Waals surface area contributed by atoms with Crippen LogP contribution in [-0.4, -0.2) is 23.3 Å². The molecule has 0 bridgehead atoms. The number of aryl methyl sites for hydroxylation is 2. The highest BCUT2D eigenvalue weighted by molar-refractivity contribution is 5.76. The summed E-state index contributed by atoms with van der Waals surface area (Å²) in [6.07, 6.45) is 1.74. The van der Waals surface area contributed by atoms with Crippen LogP contribution in [0.25, 0.3) is 11.0 Å². The number of para-hydroxylation sites is 2. The summed E-state index contributed by atoms with van der Waals surface area (Å²) in [5, 5.41) is 0. The fraction of sp³-hybridized carbons (Fsp3) is 0.240. The molecule has 4 aromatic rings. The summed E-state index contributed by atoms with van der Waals surface area (Å²) in [4.78, 5) is 4.91. The second kappa shape index (κ2) is 8.82. The number of fused-ring (bicyclic) bond motifs is 1. The number of methoxy groups -OCH3 is 1. The second-order valence-corrected chi connectivity index (χ2v) is 7.15. The van der Waals surface area contributed by atoms with Gasteiger partial charge in [0.1, 0.15) is 17.3 Å². The molecular weight excluding hydrogens is 360 g/mol. The number of hydrogen-bond acceptors (Lipinski definition) is 3. The Kier molecular flexibility index (Phi) is 5.80. The molecule has 4 heteroatoms. The van der Waals surface area contributed by atoms with E-state index in [9.17, 15) is 0 Å². The number of ether oxygens (including phenoxy) is 2. The van der Waals surface area contributed by atoms with Crippen LogP contribution in [0.2, 0.25) is 0 Å². The summed E-state index contributed by atoms with van der Waals surface area (Å²) in [5.41, 5.74) is 4.85. The molecule has 0 N–H and O–H groups in total.